The largest absolute Gasteiger partial charge is 0.508 e. The number of anilines is 1. The SMILES string of the molecule is Oc1cccc(CNc2cccc(CCl)c2)c1. The summed E-state index contributed by atoms with van der Waals surface area (Å²) in [6, 6.07) is 15.2. The van der Waals surface area contributed by atoms with Gasteiger partial charge in [0.25, 0.3) is 0 Å². The van der Waals surface area contributed by atoms with Crippen LogP contribution >= 0.6 is 11.6 Å². The Morgan fingerprint density at radius 2 is 1.76 bits per heavy atom. The first kappa shape index (κ1) is 11.8. The molecule has 0 bridgehead atoms. The van der Waals surface area contributed by atoms with Crippen molar-refractivity contribution in [1.29, 1.82) is 0 Å². The van der Waals surface area contributed by atoms with E-state index in [0.29, 0.717) is 18.2 Å². The molecule has 0 saturated carbocycles. The normalized spacial score (nSPS) is 10.2. The summed E-state index contributed by atoms with van der Waals surface area (Å²) >= 11 is 5.78. The number of alkyl halides is 1. The summed E-state index contributed by atoms with van der Waals surface area (Å²) in [4.78, 5) is 0. The van der Waals surface area contributed by atoms with Gasteiger partial charge in [0.2, 0.25) is 0 Å². The maximum Gasteiger partial charge on any atom is 0.115 e. The Labute approximate surface area is 106 Å². The summed E-state index contributed by atoms with van der Waals surface area (Å²) in [6.45, 7) is 0.681. The molecule has 0 atom stereocenters. The summed E-state index contributed by atoms with van der Waals surface area (Å²) in [5.74, 6) is 0.806. The fraction of sp³-hybridized carbons (Fsp3) is 0.143. The van der Waals surface area contributed by atoms with Crippen LogP contribution in [0.1, 0.15) is 11.1 Å². The van der Waals surface area contributed by atoms with Crippen LogP contribution in [0.3, 0.4) is 0 Å². The molecule has 0 unspecified atom stereocenters. The van der Waals surface area contributed by atoms with Gasteiger partial charge in [0.15, 0.2) is 0 Å². The van der Waals surface area contributed by atoms with Crippen molar-refractivity contribution >= 4 is 17.3 Å². The van der Waals surface area contributed by atoms with E-state index in [1.807, 2.05) is 36.4 Å². The molecule has 2 N–H and O–H groups in total. The van der Waals surface area contributed by atoms with Crippen molar-refractivity contribution in [2.45, 2.75) is 12.4 Å². The van der Waals surface area contributed by atoms with Crippen LogP contribution in [0, 0.1) is 0 Å². The number of hydrogen-bond donors (Lipinski definition) is 2. The fourth-order valence-electron chi connectivity index (χ4n) is 1.63. The predicted octanol–water partition coefficient (Wildman–Crippen LogP) is 3.74. The van der Waals surface area contributed by atoms with Crippen molar-refractivity contribution in [3.63, 3.8) is 0 Å². The molecule has 0 spiro atoms. The lowest BCUT2D eigenvalue weighted by Gasteiger charge is -2.07. The van der Waals surface area contributed by atoms with E-state index in [-0.39, 0.29) is 0 Å². The van der Waals surface area contributed by atoms with Gasteiger partial charge in [0.1, 0.15) is 5.75 Å². The molecule has 0 saturated heterocycles. The van der Waals surface area contributed by atoms with E-state index in [9.17, 15) is 5.11 Å². The van der Waals surface area contributed by atoms with E-state index in [4.69, 9.17) is 11.6 Å². The van der Waals surface area contributed by atoms with Gasteiger partial charge in [0, 0.05) is 18.1 Å². The molecule has 0 aromatic heterocycles. The zero-order chi connectivity index (χ0) is 12.1. The quantitative estimate of drug-likeness (QED) is 0.807. The third-order valence-electron chi connectivity index (χ3n) is 2.49. The van der Waals surface area contributed by atoms with Gasteiger partial charge in [-0.25, -0.2) is 0 Å². The topological polar surface area (TPSA) is 32.3 Å². The van der Waals surface area contributed by atoms with Crippen LogP contribution in [-0.2, 0) is 12.4 Å². The number of aromatic hydroxyl groups is 1. The second kappa shape index (κ2) is 5.60. The maximum atomic E-state index is 9.35. The Bertz CT molecular complexity index is 499. The second-order valence-electron chi connectivity index (χ2n) is 3.86. The van der Waals surface area contributed by atoms with Crippen molar-refractivity contribution in [1.82, 2.24) is 0 Å². The fourth-order valence-corrected chi connectivity index (χ4v) is 1.80. The van der Waals surface area contributed by atoms with E-state index in [1.54, 1.807) is 12.1 Å². The monoisotopic (exact) mass is 247 g/mol. The zero-order valence-electron chi connectivity index (χ0n) is 9.36. The Kier molecular flexibility index (Phi) is 3.89. The smallest absolute Gasteiger partial charge is 0.115 e. The highest BCUT2D eigenvalue weighted by Gasteiger charge is 1.97. The second-order valence-corrected chi connectivity index (χ2v) is 4.12. The van der Waals surface area contributed by atoms with Crippen LogP contribution in [0.2, 0.25) is 0 Å². The van der Waals surface area contributed by atoms with Crippen molar-refractivity contribution in [3.05, 3.63) is 59.7 Å². The molecule has 17 heavy (non-hydrogen) atoms. The number of nitrogens with one attached hydrogen (secondary N) is 1. The minimum atomic E-state index is 0.291. The highest BCUT2D eigenvalue weighted by atomic mass is 35.5. The number of rotatable bonds is 4. The van der Waals surface area contributed by atoms with Gasteiger partial charge in [0.05, 0.1) is 0 Å². The molecule has 0 aliphatic heterocycles. The summed E-state index contributed by atoms with van der Waals surface area (Å²) in [7, 11) is 0. The molecule has 0 heterocycles. The molecule has 2 aromatic rings. The molecule has 0 radical (unpaired) electrons. The van der Waals surface area contributed by atoms with E-state index < -0.39 is 0 Å². The third-order valence-corrected chi connectivity index (χ3v) is 2.80. The summed E-state index contributed by atoms with van der Waals surface area (Å²) in [5.41, 5.74) is 3.17. The van der Waals surface area contributed by atoms with Gasteiger partial charge < -0.3 is 10.4 Å². The molecular weight excluding hydrogens is 234 g/mol. The Morgan fingerprint density at radius 1 is 1.00 bits per heavy atom. The number of phenols is 1. The molecular formula is C14H14ClNO. The van der Waals surface area contributed by atoms with Crippen molar-refractivity contribution in [2.24, 2.45) is 0 Å². The molecule has 2 aromatic carbocycles. The number of benzene rings is 2. The standard InChI is InChI=1S/C14H14ClNO/c15-9-11-3-1-5-13(7-11)16-10-12-4-2-6-14(17)8-12/h1-8,16-17H,9-10H2. The summed E-state index contributed by atoms with van der Waals surface area (Å²) in [5, 5.41) is 12.6. The summed E-state index contributed by atoms with van der Waals surface area (Å²) in [6.07, 6.45) is 0. The number of hydrogen-bond acceptors (Lipinski definition) is 2. The molecule has 2 rings (SSSR count). The van der Waals surface area contributed by atoms with Crippen molar-refractivity contribution in [2.75, 3.05) is 5.32 Å². The van der Waals surface area contributed by atoms with Gasteiger partial charge in [-0.05, 0) is 35.4 Å². The van der Waals surface area contributed by atoms with E-state index in [0.717, 1.165) is 16.8 Å². The maximum absolute atomic E-state index is 9.35. The lowest BCUT2D eigenvalue weighted by molar-refractivity contribution is 0.474. The molecule has 0 fully saturated rings. The first-order chi connectivity index (χ1) is 8.28. The average Bonchev–Trinajstić information content (AvgIpc) is 2.37. The predicted molar refractivity (Wildman–Crippen MR) is 71.4 cm³/mol. The van der Waals surface area contributed by atoms with Crippen LogP contribution in [0.25, 0.3) is 0 Å². The molecule has 0 amide bonds. The van der Waals surface area contributed by atoms with E-state index >= 15 is 0 Å². The van der Waals surface area contributed by atoms with Crippen molar-refractivity contribution in [3.8, 4) is 5.75 Å². The van der Waals surface area contributed by atoms with Crippen LogP contribution in [-0.4, -0.2) is 5.11 Å². The lowest BCUT2D eigenvalue weighted by atomic mass is 10.2. The van der Waals surface area contributed by atoms with Gasteiger partial charge in [-0.15, -0.1) is 11.6 Å². The van der Waals surface area contributed by atoms with E-state index in [2.05, 4.69) is 5.32 Å². The van der Waals surface area contributed by atoms with Crippen LogP contribution in [0.4, 0.5) is 5.69 Å². The minimum Gasteiger partial charge on any atom is -0.508 e. The highest BCUT2D eigenvalue weighted by molar-refractivity contribution is 6.17. The molecule has 0 aliphatic carbocycles. The molecule has 0 aliphatic rings. The lowest BCUT2D eigenvalue weighted by Crippen LogP contribution is -1.99. The Morgan fingerprint density at radius 3 is 2.53 bits per heavy atom. The highest BCUT2D eigenvalue weighted by Crippen LogP contribution is 2.15. The number of halogens is 1. The minimum absolute atomic E-state index is 0.291. The molecule has 3 heteroatoms. The summed E-state index contributed by atoms with van der Waals surface area (Å²) < 4.78 is 0. The van der Waals surface area contributed by atoms with Crippen molar-refractivity contribution < 1.29 is 5.11 Å². The van der Waals surface area contributed by atoms with Crippen LogP contribution in [0.5, 0.6) is 5.75 Å². The van der Waals surface area contributed by atoms with Crippen LogP contribution < -0.4 is 5.32 Å². The third kappa shape index (κ3) is 3.40. The molecule has 88 valence electrons. The first-order valence-corrected chi connectivity index (χ1v) is 5.98. The van der Waals surface area contributed by atoms with Crippen LogP contribution in [0.15, 0.2) is 48.5 Å². The van der Waals surface area contributed by atoms with Gasteiger partial charge in [-0.1, -0.05) is 24.3 Å². The van der Waals surface area contributed by atoms with Gasteiger partial charge in [-0.2, -0.15) is 0 Å². The average molecular weight is 248 g/mol. The first-order valence-electron chi connectivity index (χ1n) is 5.44. The van der Waals surface area contributed by atoms with E-state index in [1.165, 1.54) is 0 Å². The Balaban J connectivity index is 2.02. The van der Waals surface area contributed by atoms with Gasteiger partial charge >= 0.3 is 0 Å². The zero-order valence-corrected chi connectivity index (χ0v) is 10.1. The number of phenolic OH excluding ortho intramolecular Hbond substituents is 1. The Hall–Kier alpha value is -1.67. The molecule has 2 nitrogen and oxygen atoms in total. The van der Waals surface area contributed by atoms with Gasteiger partial charge in [-0.3, -0.25) is 0 Å².